The summed E-state index contributed by atoms with van der Waals surface area (Å²) < 4.78 is 2.39. The zero-order chi connectivity index (χ0) is 20.1. The summed E-state index contributed by atoms with van der Waals surface area (Å²) in [5.41, 5.74) is 1.19. The smallest absolute Gasteiger partial charge is 0.266 e. The molecule has 0 aliphatic rings. The van der Waals surface area contributed by atoms with E-state index in [4.69, 9.17) is 0 Å². The van der Waals surface area contributed by atoms with E-state index in [1.807, 2.05) is 49.4 Å². The first-order chi connectivity index (χ1) is 13.5. The van der Waals surface area contributed by atoms with Crippen molar-refractivity contribution in [3.8, 4) is 5.69 Å². The molecule has 146 valence electrons. The van der Waals surface area contributed by atoms with E-state index in [1.54, 1.807) is 10.6 Å². The van der Waals surface area contributed by atoms with Gasteiger partial charge in [0.2, 0.25) is 5.91 Å². The molecule has 0 unspecified atom stereocenters. The van der Waals surface area contributed by atoms with Gasteiger partial charge in [-0.05, 0) is 43.7 Å². The van der Waals surface area contributed by atoms with Crippen molar-refractivity contribution < 1.29 is 4.79 Å². The van der Waals surface area contributed by atoms with Crippen LogP contribution in [0.15, 0.2) is 63.0 Å². The summed E-state index contributed by atoms with van der Waals surface area (Å²) in [5.74, 6) is 0.144. The Morgan fingerprint density at radius 2 is 2.00 bits per heavy atom. The topological polar surface area (TPSA) is 64.0 Å². The molecule has 0 bridgehead atoms. The molecular weight excluding hydrogens is 438 g/mol. The molecule has 7 heteroatoms. The minimum absolute atomic E-state index is 0.0595. The fraction of sp³-hybridized carbons (Fsp3) is 0.286. The van der Waals surface area contributed by atoms with E-state index < -0.39 is 0 Å². The predicted octanol–water partition coefficient (Wildman–Crippen LogP) is 4.55. The molecule has 2 aromatic carbocycles. The summed E-state index contributed by atoms with van der Waals surface area (Å²) in [6.07, 6.45) is 1.96. The highest BCUT2D eigenvalue weighted by Crippen LogP contribution is 2.23. The molecule has 3 aromatic rings. The second kappa shape index (κ2) is 9.39. The SMILES string of the molecule is CCC[C@@H](C)NC(=O)CSc1nc2ccc(Br)cc2c(=O)n1-c1ccccc1. The molecule has 3 rings (SSSR count). The minimum Gasteiger partial charge on any atom is -0.353 e. The highest BCUT2D eigenvalue weighted by molar-refractivity contribution is 9.10. The van der Waals surface area contributed by atoms with Gasteiger partial charge in [0.1, 0.15) is 0 Å². The maximum absolute atomic E-state index is 13.2. The third-order valence-electron chi connectivity index (χ3n) is 4.28. The van der Waals surface area contributed by atoms with E-state index in [2.05, 4.69) is 33.2 Å². The number of nitrogens with zero attached hydrogens (tertiary/aromatic N) is 2. The Morgan fingerprint density at radius 1 is 1.25 bits per heavy atom. The Hall–Kier alpha value is -2.12. The maximum atomic E-state index is 13.2. The van der Waals surface area contributed by atoms with Gasteiger partial charge in [0, 0.05) is 10.5 Å². The fourth-order valence-electron chi connectivity index (χ4n) is 2.99. The second-order valence-electron chi connectivity index (χ2n) is 6.58. The number of aromatic nitrogens is 2. The van der Waals surface area contributed by atoms with Gasteiger partial charge in [0.05, 0.1) is 22.3 Å². The first kappa shape index (κ1) is 20.6. The lowest BCUT2D eigenvalue weighted by molar-refractivity contribution is -0.119. The van der Waals surface area contributed by atoms with E-state index in [1.165, 1.54) is 11.8 Å². The third-order valence-corrected chi connectivity index (χ3v) is 5.71. The number of carbonyl (C=O) groups excluding carboxylic acids is 1. The van der Waals surface area contributed by atoms with Crippen molar-refractivity contribution in [2.75, 3.05) is 5.75 Å². The van der Waals surface area contributed by atoms with Crippen LogP contribution in [0.4, 0.5) is 0 Å². The van der Waals surface area contributed by atoms with Crippen LogP contribution in [0.1, 0.15) is 26.7 Å². The lowest BCUT2D eigenvalue weighted by Crippen LogP contribution is -2.34. The van der Waals surface area contributed by atoms with Gasteiger partial charge in [-0.15, -0.1) is 0 Å². The number of rotatable bonds is 7. The van der Waals surface area contributed by atoms with Crippen molar-refractivity contribution in [1.29, 1.82) is 0 Å². The van der Waals surface area contributed by atoms with Crippen molar-refractivity contribution in [3.05, 3.63) is 63.4 Å². The van der Waals surface area contributed by atoms with Crippen LogP contribution in [0, 0.1) is 0 Å². The minimum atomic E-state index is -0.153. The standard InChI is InChI=1S/C21H22BrN3O2S/c1-3-7-14(2)23-19(26)13-28-21-24-18-11-10-15(22)12-17(18)20(27)25(21)16-8-5-4-6-9-16/h4-6,8-12,14H,3,7,13H2,1-2H3,(H,23,26)/t14-/m1/s1. The second-order valence-corrected chi connectivity index (χ2v) is 8.44. The third kappa shape index (κ3) is 4.83. The monoisotopic (exact) mass is 459 g/mol. The summed E-state index contributed by atoms with van der Waals surface area (Å²) in [6, 6.07) is 14.9. The molecule has 0 radical (unpaired) electrons. The molecule has 0 saturated heterocycles. The number of amides is 1. The van der Waals surface area contributed by atoms with E-state index in [0.717, 1.165) is 23.0 Å². The Balaban J connectivity index is 1.97. The summed E-state index contributed by atoms with van der Waals surface area (Å²) >= 11 is 4.69. The predicted molar refractivity (Wildman–Crippen MR) is 118 cm³/mol. The molecule has 1 amide bonds. The molecule has 1 heterocycles. The number of fused-ring (bicyclic) bond motifs is 1. The van der Waals surface area contributed by atoms with Crippen molar-refractivity contribution in [3.63, 3.8) is 0 Å². The molecule has 5 nitrogen and oxygen atoms in total. The van der Waals surface area contributed by atoms with E-state index in [9.17, 15) is 9.59 Å². The zero-order valence-electron chi connectivity index (χ0n) is 15.8. The number of nitrogens with one attached hydrogen (secondary N) is 1. The lowest BCUT2D eigenvalue weighted by atomic mass is 10.2. The van der Waals surface area contributed by atoms with E-state index >= 15 is 0 Å². The Kier molecular flexibility index (Phi) is 6.91. The van der Waals surface area contributed by atoms with E-state index in [-0.39, 0.29) is 23.3 Å². The highest BCUT2D eigenvalue weighted by atomic mass is 79.9. The van der Waals surface area contributed by atoms with Gasteiger partial charge in [-0.2, -0.15) is 0 Å². The van der Waals surface area contributed by atoms with Gasteiger partial charge in [-0.25, -0.2) is 4.98 Å². The molecule has 0 aliphatic carbocycles. The molecule has 0 spiro atoms. The van der Waals surface area contributed by atoms with Crippen LogP contribution in [0.3, 0.4) is 0 Å². The Bertz CT molecular complexity index is 1040. The van der Waals surface area contributed by atoms with Crippen LogP contribution in [-0.2, 0) is 4.79 Å². The molecule has 0 saturated carbocycles. The summed E-state index contributed by atoms with van der Waals surface area (Å²) in [5, 5.41) is 4.02. The molecule has 1 atom stereocenters. The Labute approximate surface area is 176 Å². The van der Waals surface area contributed by atoms with Crippen LogP contribution in [0.25, 0.3) is 16.6 Å². The zero-order valence-corrected chi connectivity index (χ0v) is 18.2. The quantitative estimate of drug-likeness (QED) is 0.415. The molecule has 28 heavy (non-hydrogen) atoms. The first-order valence-electron chi connectivity index (χ1n) is 9.19. The number of thioether (sulfide) groups is 1. The number of para-hydroxylation sites is 1. The molecular formula is C21H22BrN3O2S. The van der Waals surface area contributed by atoms with E-state index in [0.29, 0.717) is 16.1 Å². The van der Waals surface area contributed by atoms with Crippen molar-refractivity contribution in [2.24, 2.45) is 0 Å². The average molecular weight is 460 g/mol. The normalized spacial score (nSPS) is 12.1. The largest absolute Gasteiger partial charge is 0.353 e. The van der Waals surface area contributed by atoms with Crippen LogP contribution < -0.4 is 10.9 Å². The molecule has 0 fully saturated rings. The number of halogens is 1. The number of hydrogen-bond acceptors (Lipinski definition) is 4. The van der Waals surface area contributed by atoms with Crippen LogP contribution >= 0.6 is 27.7 Å². The lowest BCUT2D eigenvalue weighted by Gasteiger charge is -2.15. The highest BCUT2D eigenvalue weighted by Gasteiger charge is 2.15. The molecule has 1 aromatic heterocycles. The van der Waals surface area contributed by atoms with Gasteiger partial charge in [-0.1, -0.05) is 59.2 Å². The maximum Gasteiger partial charge on any atom is 0.266 e. The van der Waals surface area contributed by atoms with Gasteiger partial charge in [0.15, 0.2) is 5.16 Å². The van der Waals surface area contributed by atoms with Crippen molar-refractivity contribution in [2.45, 2.75) is 37.9 Å². The van der Waals surface area contributed by atoms with Crippen molar-refractivity contribution in [1.82, 2.24) is 14.9 Å². The van der Waals surface area contributed by atoms with Crippen molar-refractivity contribution >= 4 is 44.5 Å². The van der Waals surface area contributed by atoms with Gasteiger partial charge in [0.25, 0.3) is 5.56 Å². The number of carbonyl (C=O) groups is 1. The molecule has 0 aliphatic heterocycles. The fourth-order valence-corrected chi connectivity index (χ4v) is 4.18. The van der Waals surface area contributed by atoms with Gasteiger partial charge < -0.3 is 5.32 Å². The number of hydrogen-bond donors (Lipinski definition) is 1. The van der Waals surface area contributed by atoms with Gasteiger partial charge >= 0.3 is 0 Å². The van der Waals surface area contributed by atoms with Crippen LogP contribution in [0.5, 0.6) is 0 Å². The van der Waals surface area contributed by atoms with Crippen LogP contribution in [-0.4, -0.2) is 27.3 Å². The summed E-state index contributed by atoms with van der Waals surface area (Å²) in [6.45, 7) is 4.09. The molecule has 1 N–H and O–H groups in total. The Morgan fingerprint density at radius 3 is 2.71 bits per heavy atom. The van der Waals surface area contributed by atoms with Crippen LogP contribution in [0.2, 0.25) is 0 Å². The van der Waals surface area contributed by atoms with Gasteiger partial charge in [-0.3, -0.25) is 14.2 Å². The average Bonchev–Trinajstić information content (AvgIpc) is 2.68. The summed E-state index contributed by atoms with van der Waals surface area (Å²) in [7, 11) is 0. The first-order valence-corrected chi connectivity index (χ1v) is 11.0. The number of benzene rings is 2. The summed E-state index contributed by atoms with van der Waals surface area (Å²) in [4.78, 5) is 30.2.